The quantitative estimate of drug-likeness (QED) is 0.306. The molecule has 0 aromatic rings. The summed E-state index contributed by atoms with van der Waals surface area (Å²) in [5, 5.41) is 17.1. The van der Waals surface area contributed by atoms with Crippen LogP contribution >= 0.6 is 7.44 Å². The first kappa shape index (κ1) is 7.08. The molecule has 1 atom stereocenters. The first-order chi connectivity index (χ1) is 3.50. The normalized spacial score (nSPS) is 16.0. The van der Waals surface area contributed by atoms with Crippen LogP contribution in [0.15, 0.2) is 0 Å². The Morgan fingerprint density at radius 2 is 2.25 bits per heavy atom. The zero-order valence-electron chi connectivity index (χ0n) is 3.64. The van der Waals surface area contributed by atoms with Gasteiger partial charge in [0.1, 0.15) is 0 Å². The van der Waals surface area contributed by atoms with Crippen molar-refractivity contribution in [1.29, 1.82) is 5.26 Å². The first-order valence-electron chi connectivity index (χ1n) is 1.45. The van der Waals surface area contributed by atoms with Crippen molar-refractivity contribution < 1.29 is 9.26 Å². The van der Waals surface area contributed by atoms with Crippen LogP contribution in [0.25, 0.3) is 0 Å². The molecular formula is CH2N3O3P. The summed E-state index contributed by atoms with van der Waals surface area (Å²) in [6.45, 7) is 0. The molecule has 0 aromatic carbocycles. The van der Waals surface area contributed by atoms with Gasteiger partial charge in [-0.15, -0.1) is 0 Å². The van der Waals surface area contributed by atoms with Crippen LogP contribution in [0.3, 0.4) is 0 Å². The van der Waals surface area contributed by atoms with Crippen molar-refractivity contribution in [3.8, 4) is 5.81 Å². The van der Waals surface area contributed by atoms with Crippen molar-refractivity contribution in [3.63, 3.8) is 0 Å². The van der Waals surface area contributed by atoms with Crippen molar-refractivity contribution in [2.24, 2.45) is 5.50 Å². The molecule has 0 radical (unpaired) electrons. The van der Waals surface area contributed by atoms with Gasteiger partial charge in [-0.25, -0.2) is 10.1 Å². The third-order valence-electron chi connectivity index (χ3n) is 0.386. The molecule has 0 amide bonds. The summed E-state index contributed by atoms with van der Waals surface area (Å²) in [6.07, 6.45) is 0. The maximum atomic E-state index is 10.0. The molecule has 7 heteroatoms. The van der Waals surface area contributed by atoms with Gasteiger partial charge in [-0.05, 0) is 0 Å². The highest BCUT2D eigenvalue weighted by molar-refractivity contribution is 7.60. The lowest BCUT2D eigenvalue weighted by molar-refractivity contribution is -0.311. The largest absolute Gasteiger partial charge is 0.540 e. The fourth-order valence-corrected chi connectivity index (χ4v) is 0.110. The topological polar surface area (TPSA) is 110 Å². The first-order valence-corrected chi connectivity index (χ1v) is 3.18. The third-order valence-corrected chi connectivity index (χ3v) is 1.16. The molecule has 6 nitrogen and oxygen atoms in total. The van der Waals surface area contributed by atoms with E-state index in [1.807, 2.05) is 0 Å². The monoisotopic (exact) mass is 135 g/mol. The van der Waals surface area contributed by atoms with Crippen LogP contribution in [0.2, 0.25) is 0 Å². The van der Waals surface area contributed by atoms with Crippen LogP contribution < -0.4 is 5.50 Å². The molecule has 44 valence electrons. The van der Waals surface area contributed by atoms with E-state index in [-0.39, 0.29) is 0 Å². The van der Waals surface area contributed by atoms with Gasteiger partial charge in [0.05, 0.1) is 4.69 Å². The number of hydrogen-bond donors (Lipinski definition) is 1. The van der Waals surface area contributed by atoms with Crippen molar-refractivity contribution in [1.82, 2.24) is 0 Å². The predicted molar refractivity (Wildman–Crippen MR) is 24.4 cm³/mol. The van der Waals surface area contributed by atoms with E-state index in [0.717, 1.165) is 5.81 Å². The number of rotatable bonds is 1. The van der Waals surface area contributed by atoms with E-state index < -0.39 is 12.1 Å². The summed E-state index contributed by atoms with van der Waals surface area (Å²) in [6, 6.07) is 0. The van der Waals surface area contributed by atoms with E-state index in [1.54, 1.807) is 0 Å². The van der Waals surface area contributed by atoms with Crippen LogP contribution in [0.1, 0.15) is 0 Å². The van der Waals surface area contributed by atoms with E-state index >= 15 is 0 Å². The number of nitrogens with two attached hydrogens (primary N) is 1. The van der Waals surface area contributed by atoms with Crippen molar-refractivity contribution in [2.45, 2.75) is 0 Å². The number of nitro groups is 1. The van der Waals surface area contributed by atoms with Gasteiger partial charge in [0.25, 0.3) is 0 Å². The highest BCUT2D eigenvalue weighted by atomic mass is 31.2. The molecule has 2 N–H and O–H groups in total. The van der Waals surface area contributed by atoms with Crippen LogP contribution in [0, 0.1) is 21.2 Å². The second-order valence-electron chi connectivity index (χ2n) is 0.961. The molecule has 0 spiro atoms. The van der Waals surface area contributed by atoms with Gasteiger partial charge >= 0.3 is 7.44 Å². The minimum absolute atomic E-state index is 0.875. The maximum Gasteiger partial charge on any atom is 0.540 e. The Balaban J connectivity index is 4.47. The zero-order chi connectivity index (χ0) is 6.78. The summed E-state index contributed by atoms with van der Waals surface area (Å²) < 4.78 is 8.72. The van der Waals surface area contributed by atoms with Crippen LogP contribution in [-0.4, -0.2) is 4.69 Å². The molecule has 1 unspecified atom stereocenters. The standard InChI is InChI=1S/CH2N3O3P/c2-1-8(3,7)4(5)6/h(H2,3,7). The lowest BCUT2D eigenvalue weighted by Gasteiger charge is -1.87. The van der Waals surface area contributed by atoms with Crippen LogP contribution in [-0.2, 0) is 4.57 Å². The Morgan fingerprint density at radius 1 is 1.88 bits per heavy atom. The molecule has 0 aliphatic rings. The van der Waals surface area contributed by atoms with E-state index in [2.05, 4.69) is 5.50 Å². The number of nitriles is 1. The summed E-state index contributed by atoms with van der Waals surface area (Å²) in [5.41, 5.74) is 4.35. The van der Waals surface area contributed by atoms with E-state index in [9.17, 15) is 14.7 Å². The Labute approximate surface area is 44.5 Å². The Morgan fingerprint density at radius 3 is 2.25 bits per heavy atom. The van der Waals surface area contributed by atoms with Gasteiger partial charge < -0.3 is 0 Å². The van der Waals surface area contributed by atoms with Gasteiger partial charge in [0.15, 0.2) is 0 Å². The lowest BCUT2D eigenvalue weighted by atomic mass is 11.8. The molecule has 0 aliphatic heterocycles. The summed E-state index contributed by atoms with van der Waals surface area (Å²) in [5.74, 6) is 0.875. The fourth-order valence-electron chi connectivity index (χ4n) is 0.0365. The highest BCUT2D eigenvalue weighted by Gasteiger charge is 2.29. The van der Waals surface area contributed by atoms with Crippen molar-refractivity contribution in [3.05, 3.63) is 10.1 Å². The molecule has 0 saturated carbocycles. The average molecular weight is 135 g/mol. The average Bonchev–Trinajstić information content (AvgIpc) is 1.67. The van der Waals surface area contributed by atoms with Crippen molar-refractivity contribution >= 4 is 7.44 Å². The number of nitrogens with zero attached hydrogens (tertiary/aromatic N) is 2. The highest BCUT2D eigenvalue weighted by Crippen LogP contribution is 2.33. The molecule has 0 fully saturated rings. The zero-order valence-corrected chi connectivity index (χ0v) is 4.54. The minimum Gasteiger partial charge on any atom is -0.259 e. The third kappa shape index (κ3) is 1.30. The molecule has 0 saturated heterocycles. The fraction of sp³-hybridized carbons (Fsp3) is 0. The predicted octanol–water partition coefficient (Wildman–Crippen LogP) is -0.104. The Bertz CT molecular complexity index is 191. The van der Waals surface area contributed by atoms with Crippen LogP contribution in [0.5, 0.6) is 0 Å². The molecule has 8 heavy (non-hydrogen) atoms. The molecular weight excluding hydrogens is 133 g/mol. The Hall–Kier alpha value is -0.920. The molecule has 0 aromatic heterocycles. The summed E-state index contributed by atoms with van der Waals surface area (Å²) >= 11 is 0. The van der Waals surface area contributed by atoms with E-state index in [1.165, 1.54) is 0 Å². The second-order valence-corrected chi connectivity index (χ2v) is 2.73. The lowest BCUT2D eigenvalue weighted by Crippen LogP contribution is -2.01. The smallest absolute Gasteiger partial charge is 0.259 e. The van der Waals surface area contributed by atoms with E-state index in [0.29, 0.717) is 0 Å². The second kappa shape index (κ2) is 1.90. The molecule has 0 bridgehead atoms. The molecule has 0 aliphatic carbocycles. The van der Waals surface area contributed by atoms with Gasteiger partial charge in [0, 0.05) is 0 Å². The molecule has 0 heterocycles. The maximum absolute atomic E-state index is 10.0. The number of hydrogen-bond acceptors (Lipinski definition) is 4. The van der Waals surface area contributed by atoms with Gasteiger partial charge in [-0.2, -0.15) is 5.26 Å². The molecule has 0 rings (SSSR count). The Kier molecular flexibility index (Phi) is 1.68. The van der Waals surface area contributed by atoms with Crippen molar-refractivity contribution in [2.75, 3.05) is 0 Å². The summed E-state index contributed by atoms with van der Waals surface area (Å²) in [4.78, 5) is 9.45. The van der Waals surface area contributed by atoms with E-state index in [4.69, 9.17) is 5.26 Å². The SMILES string of the molecule is N#CP(N)(=O)[N+](=O)[O-]. The van der Waals surface area contributed by atoms with Gasteiger partial charge in [-0.3, -0.25) is 10.1 Å². The summed E-state index contributed by atoms with van der Waals surface area (Å²) in [7, 11) is -4.22. The van der Waals surface area contributed by atoms with Crippen LogP contribution in [0.4, 0.5) is 0 Å². The minimum atomic E-state index is -4.22. The van der Waals surface area contributed by atoms with Gasteiger partial charge in [0.2, 0.25) is 5.81 Å². The van der Waals surface area contributed by atoms with Gasteiger partial charge in [-0.1, -0.05) is 0 Å².